The highest BCUT2D eigenvalue weighted by atomic mass is 79.9. The Morgan fingerprint density at radius 1 is 1.21 bits per heavy atom. The second kappa shape index (κ2) is 5.37. The minimum Gasteiger partial charge on any atom is -0.296 e. The van der Waals surface area contributed by atoms with Crippen LogP contribution < -0.4 is 5.32 Å². The lowest BCUT2D eigenvalue weighted by atomic mass is 9.75. The van der Waals surface area contributed by atoms with Crippen molar-refractivity contribution in [3.05, 3.63) is 20.8 Å². The fraction of sp³-hybridized carbons (Fsp3) is 0.571. The lowest BCUT2D eigenvalue weighted by Crippen LogP contribution is -2.47. The maximum Gasteiger partial charge on any atom is 0.230 e. The predicted octanol–water partition coefficient (Wildman–Crippen LogP) is 3.45. The van der Waals surface area contributed by atoms with Crippen molar-refractivity contribution < 1.29 is 9.59 Å². The van der Waals surface area contributed by atoms with Crippen LogP contribution in [0.25, 0.3) is 0 Å². The number of hydrogen-bond donors (Lipinski definition) is 1. The van der Waals surface area contributed by atoms with Gasteiger partial charge in [-0.25, -0.2) is 0 Å². The Balaban J connectivity index is 1.91. The van der Waals surface area contributed by atoms with E-state index < -0.39 is 0 Å². The Morgan fingerprint density at radius 2 is 1.95 bits per heavy atom. The van der Waals surface area contributed by atoms with Gasteiger partial charge in [0.2, 0.25) is 11.8 Å². The first-order valence-electron chi connectivity index (χ1n) is 6.74. The van der Waals surface area contributed by atoms with Crippen molar-refractivity contribution in [3.8, 4) is 0 Å². The van der Waals surface area contributed by atoms with Gasteiger partial charge in [0.15, 0.2) is 0 Å². The SMILES string of the molecule is O=C1CC(c2ccc(Br)s2)C(C2CCCC2)C(=O)N1. The monoisotopic (exact) mass is 341 g/mol. The van der Waals surface area contributed by atoms with Crippen molar-refractivity contribution in [3.63, 3.8) is 0 Å². The largest absolute Gasteiger partial charge is 0.296 e. The van der Waals surface area contributed by atoms with Crippen LogP contribution in [0.1, 0.15) is 42.9 Å². The van der Waals surface area contributed by atoms with Gasteiger partial charge in [0, 0.05) is 23.1 Å². The second-order valence-corrected chi connectivity index (χ2v) is 7.93. The zero-order chi connectivity index (χ0) is 13.4. The van der Waals surface area contributed by atoms with Crippen molar-refractivity contribution in [2.75, 3.05) is 0 Å². The molecule has 1 aromatic heterocycles. The molecular formula is C14H16BrNO2S. The number of amides is 2. The number of nitrogens with one attached hydrogen (secondary N) is 1. The minimum absolute atomic E-state index is 0.0225. The molecule has 1 saturated heterocycles. The van der Waals surface area contributed by atoms with E-state index in [-0.39, 0.29) is 23.7 Å². The summed E-state index contributed by atoms with van der Waals surface area (Å²) in [7, 11) is 0. The lowest BCUT2D eigenvalue weighted by molar-refractivity contribution is -0.138. The van der Waals surface area contributed by atoms with E-state index in [1.807, 2.05) is 12.1 Å². The number of thiophene rings is 1. The average molecular weight is 342 g/mol. The Morgan fingerprint density at radius 3 is 2.58 bits per heavy atom. The van der Waals surface area contributed by atoms with Crippen molar-refractivity contribution in [1.29, 1.82) is 0 Å². The van der Waals surface area contributed by atoms with Gasteiger partial charge < -0.3 is 0 Å². The van der Waals surface area contributed by atoms with E-state index in [0.717, 1.165) is 21.5 Å². The third kappa shape index (κ3) is 2.63. The van der Waals surface area contributed by atoms with Crippen molar-refractivity contribution >= 4 is 39.1 Å². The fourth-order valence-corrected chi connectivity index (χ4v) is 5.02. The number of hydrogen-bond acceptors (Lipinski definition) is 3. The fourth-order valence-electron chi connectivity index (χ4n) is 3.45. The molecule has 0 aromatic carbocycles. The van der Waals surface area contributed by atoms with Crippen LogP contribution in [-0.2, 0) is 9.59 Å². The summed E-state index contributed by atoms with van der Waals surface area (Å²) in [6.07, 6.45) is 5.11. The van der Waals surface area contributed by atoms with Gasteiger partial charge in [-0.15, -0.1) is 11.3 Å². The summed E-state index contributed by atoms with van der Waals surface area (Å²) >= 11 is 5.11. The highest BCUT2D eigenvalue weighted by Crippen LogP contribution is 2.44. The molecule has 1 N–H and O–H groups in total. The summed E-state index contributed by atoms with van der Waals surface area (Å²) < 4.78 is 1.06. The van der Waals surface area contributed by atoms with Crippen molar-refractivity contribution in [2.45, 2.75) is 38.0 Å². The number of carbonyl (C=O) groups is 2. The summed E-state index contributed by atoms with van der Waals surface area (Å²) in [5, 5.41) is 2.53. The summed E-state index contributed by atoms with van der Waals surface area (Å²) in [5.74, 6) is 0.303. The number of rotatable bonds is 2. The van der Waals surface area contributed by atoms with Gasteiger partial charge in [-0.3, -0.25) is 14.9 Å². The summed E-state index contributed by atoms with van der Waals surface area (Å²) in [6, 6.07) is 4.05. The van der Waals surface area contributed by atoms with E-state index in [1.165, 1.54) is 12.8 Å². The average Bonchev–Trinajstić information content (AvgIpc) is 2.99. The molecule has 1 aliphatic carbocycles. The van der Waals surface area contributed by atoms with Gasteiger partial charge in [0.25, 0.3) is 0 Å². The molecule has 2 fully saturated rings. The Bertz CT molecular complexity index is 507. The standard InChI is InChI=1S/C14H16BrNO2S/c15-11-6-5-10(19-11)9-7-12(17)16-14(18)13(9)8-3-1-2-4-8/h5-6,8-9,13H,1-4,7H2,(H,16,17,18). The molecule has 0 bridgehead atoms. The molecule has 2 aliphatic rings. The van der Waals surface area contributed by atoms with Crippen LogP contribution in [0.15, 0.2) is 15.9 Å². The third-order valence-corrected chi connectivity index (χ3v) is 6.03. The molecule has 2 unspecified atom stereocenters. The molecule has 0 spiro atoms. The van der Waals surface area contributed by atoms with Gasteiger partial charge in [0.05, 0.1) is 3.79 Å². The summed E-state index contributed by atoms with van der Waals surface area (Å²) in [6.45, 7) is 0. The highest BCUT2D eigenvalue weighted by Gasteiger charge is 2.42. The smallest absolute Gasteiger partial charge is 0.230 e. The minimum atomic E-state index is -0.131. The number of carbonyl (C=O) groups excluding carboxylic acids is 2. The lowest BCUT2D eigenvalue weighted by Gasteiger charge is -2.33. The molecule has 2 heterocycles. The number of imide groups is 1. The summed E-state index contributed by atoms with van der Waals surface area (Å²) in [5.41, 5.74) is 0. The number of halogens is 1. The Kier molecular flexibility index (Phi) is 3.76. The molecule has 1 aliphatic heterocycles. The first kappa shape index (κ1) is 13.3. The van der Waals surface area contributed by atoms with Crippen LogP contribution in [0.2, 0.25) is 0 Å². The van der Waals surface area contributed by atoms with Crippen molar-refractivity contribution in [2.24, 2.45) is 11.8 Å². The summed E-state index contributed by atoms with van der Waals surface area (Å²) in [4.78, 5) is 25.1. The normalized spacial score (nSPS) is 28.7. The molecule has 19 heavy (non-hydrogen) atoms. The van der Waals surface area contributed by atoms with Gasteiger partial charge in [-0.05, 0) is 46.8 Å². The highest BCUT2D eigenvalue weighted by molar-refractivity contribution is 9.11. The molecule has 1 saturated carbocycles. The van der Waals surface area contributed by atoms with E-state index in [0.29, 0.717) is 12.3 Å². The van der Waals surface area contributed by atoms with Crippen LogP contribution in [-0.4, -0.2) is 11.8 Å². The van der Waals surface area contributed by atoms with Crippen LogP contribution in [0, 0.1) is 11.8 Å². The van der Waals surface area contributed by atoms with Crippen LogP contribution in [0.3, 0.4) is 0 Å². The van der Waals surface area contributed by atoms with E-state index in [2.05, 4.69) is 21.2 Å². The van der Waals surface area contributed by atoms with Gasteiger partial charge >= 0.3 is 0 Å². The molecular weight excluding hydrogens is 326 g/mol. The molecule has 2 amide bonds. The molecule has 3 rings (SSSR count). The molecule has 1 aromatic rings. The van der Waals surface area contributed by atoms with E-state index in [4.69, 9.17) is 0 Å². The molecule has 0 radical (unpaired) electrons. The number of piperidine rings is 1. The van der Waals surface area contributed by atoms with E-state index in [1.54, 1.807) is 11.3 Å². The quantitative estimate of drug-likeness (QED) is 0.837. The van der Waals surface area contributed by atoms with Crippen LogP contribution >= 0.6 is 27.3 Å². The molecule has 2 atom stereocenters. The van der Waals surface area contributed by atoms with Crippen LogP contribution in [0.5, 0.6) is 0 Å². The van der Waals surface area contributed by atoms with Gasteiger partial charge in [0.1, 0.15) is 0 Å². The van der Waals surface area contributed by atoms with Crippen LogP contribution in [0.4, 0.5) is 0 Å². The molecule has 5 heteroatoms. The molecule has 102 valence electrons. The molecule has 3 nitrogen and oxygen atoms in total. The third-order valence-electron chi connectivity index (χ3n) is 4.27. The van der Waals surface area contributed by atoms with E-state index in [9.17, 15) is 9.59 Å². The Labute approximate surface area is 124 Å². The second-order valence-electron chi connectivity index (χ2n) is 5.44. The first-order chi connectivity index (χ1) is 9.15. The predicted molar refractivity (Wildman–Crippen MR) is 78.0 cm³/mol. The zero-order valence-corrected chi connectivity index (χ0v) is 12.9. The van der Waals surface area contributed by atoms with Crippen molar-refractivity contribution in [1.82, 2.24) is 5.32 Å². The zero-order valence-electron chi connectivity index (χ0n) is 10.5. The van der Waals surface area contributed by atoms with Gasteiger partial charge in [-0.1, -0.05) is 12.8 Å². The van der Waals surface area contributed by atoms with E-state index >= 15 is 0 Å². The maximum absolute atomic E-state index is 12.2. The maximum atomic E-state index is 12.2. The topological polar surface area (TPSA) is 46.2 Å². The first-order valence-corrected chi connectivity index (χ1v) is 8.35. The van der Waals surface area contributed by atoms with Gasteiger partial charge in [-0.2, -0.15) is 0 Å². The Hall–Kier alpha value is -0.680.